The van der Waals surface area contributed by atoms with Crippen LogP contribution >= 0.6 is 11.8 Å². The molecule has 1 aliphatic rings. The highest BCUT2D eigenvalue weighted by Crippen LogP contribution is 2.28. The number of carbonyl (C=O) groups excluding carboxylic acids is 1. The molecular weight excluding hydrogens is 299 g/mol. The van der Waals surface area contributed by atoms with Crippen LogP contribution in [0.25, 0.3) is 0 Å². The van der Waals surface area contributed by atoms with E-state index >= 15 is 0 Å². The lowest BCUT2D eigenvalue weighted by molar-refractivity contribution is -0.121. The number of hydrogen-bond donors (Lipinski definition) is 1. The summed E-state index contributed by atoms with van der Waals surface area (Å²) in [4.78, 5) is 12.9. The molecule has 0 aromatic heterocycles. The third-order valence-electron chi connectivity index (χ3n) is 3.68. The molecule has 0 saturated carbocycles. The number of benzene rings is 2. The summed E-state index contributed by atoms with van der Waals surface area (Å²) < 4.78 is 13.1. The molecule has 1 aliphatic heterocycles. The van der Waals surface area contributed by atoms with Crippen LogP contribution in [0.1, 0.15) is 23.5 Å². The van der Waals surface area contributed by atoms with E-state index in [1.165, 1.54) is 17.0 Å². The van der Waals surface area contributed by atoms with Gasteiger partial charge in [0.2, 0.25) is 5.91 Å². The van der Waals surface area contributed by atoms with Crippen LogP contribution in [0.2, 0.25) is 0 Å². The molecule has 1 unspecified atom stereocenters. The molecule has 1 N–H and O–H groups in total. The average Bonchev–Trinajstić information content (AvgIpc) is 2.56. The summed E-state index contributed by atoms with van der Waals surface area (Å²) in [6.45, 7) is 0. The first-order valence-corrected chi connectivity index (χ1v) is 8.16. The van der Waals surface area contributed by atoms with Crippen LogP contribution in [-0.4, -0.2) is 17.9 Å². The number of halogens is 1. The normalized spacial score (nSPS) is 17.8. The van der Waals surface area contributed by atoms with Gasteiger partial charge in [0.1, 0.15) is 5.82 Å². The number of nitrogens with zero attached hydrogens (tertiary/aromatic N) is 1. The lowest BCUT2D eigenvalue weighted by Crippen LogP contribution is -2.32. The summed E-state index contributed by atoms with van der Waals surface area (Å²) in [6.07, 6.45) is 2.34. The molecule has 22 heavy (non-hydrogen) atoms. The van der Waals surface area contributed by atoms with E-state index in [1.807, 2.05) is 30.5 Å². The van der Waals surface area contributed by atoms with Crippen LogP contribution in [0.3, 0.4) is 0 Å². The molecule has 1 atom stereocenters. The maximum absolute atomic E-state index is 13.1. The third-order valence-corrected chi connectivity index (χ3v) is 4.42. The van der Waals surface area contributed by atoms with Gasteiger partial charge in [0.15, 0.2) is 0 Å². The predicted molar refractivity (Wildman–Crippen MR) is 86.7 cm³/mol. The molecule has 2 aromatic rings. The van der Waals surface area contributed by atoms with Gasteiger partial charge in [-0.2, -0.15) is 5.10 Å². The van der Waals surface area contributed by atoms with Gasteiger partial charge in [0, 0.05) is 17.2 Å². The molecule has 0 fully saturated rings. The summed E-state index contributed by atoms with van der Waals surface area (Å²) in [6, 6.07) is 14.3. The Morgan fingerprint density at radius 1 is 1.14 bits per heavy atom. The van der Waals surface area contributed by atoms with Gasteiger partial charge in [-0.1, -0.05) is 24.3 Å². The fourth-order valence-electron chi connectivity index (χ4n) is 2.53. The molecule has 5 heteroatoms. The van der Waals surface area contributed by atoms with Gasteiger partial charge >= 0.3 is 0 Å². The molecule has 0 bridgehead atoms. The van der Waals surface area contributed by atoms with Crippen LogP contribution in [0, 0.1) is 5.82 Å². The van der Waals surface area contributed by atoms with Crippen molar-refractivity contribution in [1.29, 1.82) is 0 Å². The number of amides is 1. The van der Waals surface area contributed by atoms with Gasteiger partial charge < -0.3 is 0 Å². The Bertz CT molecular complexity index is 710. The monoisotopic (exact) mass is 314 g/mol. The van der Waals surface area contributed by atoms with Crippen molar-refractivity contribution in [3.8, 4) is 0 Å². The van der Waals surface area contributed by atoms with Crippen LogP contribution in [0.15, 0.2) is 58.5 Å². The minimum absolute atomic E-state index is 0.126. The van der Waals surface area contributed by atoms with E-state index < -0.39 is 0 Å². The number of hydrogen-bond acceptors (Lipinski definition) is 3. The standard InChI is InChI=1S/C17H15FN2OS/c1-22-14-8-4-12(5-9-14)17-15(10-16(21)19-20-17)11-2-6-13(18)7-3-11/h2-9,15H,10H2,1H3,(H,19,21). The Morgan fingerprint density at radius 3 is 2.45 bits per heavy atom. The number of hydrazone groups is 1. The highest BCUT2D eigenvalue weighted by molar-refractivity contribution is 7.98. The van der Waals surface area contributed by atoms with Crippen LogP contribution in [-0.2, 0) is 4.79 Å². The Morgan fingerprint density at radius 2 is 1.82 bits per heavy atom. The lowest BCUT2D eigenvalue weighted by Gasteiger charge is -2.23. The summed E-state index contributed by atoms with van der Waals surface area (Å²) in [5, 5.41) is 4.23. The lowest BCUT2D eigenvalue weighted by atomic mass is 9.86. The first-order chi connectivity index (χ1) is 10.7. The van der Waals surface area contributed by atoms with Crippen molar-refractivity contribution in [2.45, 2.75) is 17.2 Å². The van der Waals surface area contributed by atoms with Gasteiger partial charge in [0.05, 0.1) is 5.71 Å². The molecule has 3 nitrogen and oxygen atoms in total. The summed E-state index contributed by atoms with van der Waals surface area (Å²) in [7, 11) is 0. The molecule has 3 rings (SSSR count). The van der Waals surface area contributed by atoms with E-state index in [0.717, 1.165) is 16.8 Å². The smallest absolute Gasteiger partial charge is 0.241 e. The Hall–Kier alpha value is -2.14. The molecule has 1 heterocycles. The fourth-order valence-corrected chi connectivity index (χ4v) is 2.93. The topological polar surface area (TPSA) is 41.5 Å². The maximum Gasteiger partial charge on any atom is 0.241 e. The van der Waals surface area contributed by atoms with E-state index in [0.29, 0.717) is 6.42 Å². The molecule has 0 saturated heterocycles. The second kappa shape index (κ2) is 6.32. The van der Waals surface area contributed by atoms with Crippen molar-refractivity contribution in [3.63, 3.8) is 0 Å². The molecule has 0 spiro atoms. The number of carbonyl (C=O) groups is 1. The van der Waals surface area contributed by atoms with E-state index in [9.17, 15) is 9.18 Å². The zero-order chi connectivity index (χ0) is 15.5. The first-order valence-electron chi connectivity index (χ1n) is 6.93. The molecular formula is C17H15FN2OS. The third kappa shape index (κ3) is 3.04. The number of nitrogens with one attached hydrogen (secondary N) is 1. The van der Waals surface area contributed by atoms with Gasteiger partial charge in [-0.15, -0.1) is 11.8 Å². The van der Waals surface area contributed by atoms with Crippen LogP contribution in [0.5, 0.6) is 0 Å². The highest BCUT2D eigenvalue weighted by atomic mass is 32.2. The highest BCUT2D eigenvalue weighted by Gasteiger charge is 2.27. The molecule has 2 aromatic carbocycles. The van der Waals surface area contributed by atoms with Crippen molar-refractivity contribution in [3.05, 3.63) is 65.5 Å². The molecule has 1 amide bonds. The van der Waals surface area contributed by atoms with Gasteiger partial charge in [0.25, 0.3) is 0 Å². The molecule has 0 aliphatic carbocycles. The summed E-state index contributed by atoms with van der Waals surface area (Å²) in [5.41, 5.74) is 5.20. The SMILES string of the molecule is CSc1ccc(C2=NNC(=O)CC2c2ccc(F)cc2)cc1. The van der Waals surface area contributed by atoms with Crippen molar-refractivity contribution in [2.24, 2.45) is 5.10 Å². The summed E-state index contributed by atoms with van der Waals surface area (Å²) >= 11 is 1.67. The van der Waals surface area contributed by atoms with Crippen molar-refractivity contribution in [1.82, 2.24) is 5.43 Å². The van der Waals surface area contributed by atoms with Gasteiger partial charge in [-0.25, -0.2) is 9.82 Å². The fraction of sp³-hybridized carbons (Fsp3) is 0.176. The minimum Gasteiger partial charge on any atom is -0.273 e. The van der Waals surface area contributed by atoms with Crippen molar-refractivity contribution in [2.75, 3.05) is 6.26 Å². The Labute approximate surface area is 132 Å². The van der Waals surface area contributed by atoms with E-state index in [2.05, 4.69) is 10.5 Å². The summed E-state index contributed by atoms with van der Waals surface area (Å²) in [5.74, 6) is -0.569. The quantitative estimate of drug-likeness (QED) is 0.880. The van der Waals surface area contributed by atoms with E-state index in [-0.39, 0.29) is 17.6 Å². The molecule has 0 radical (unpaired) electrons. The maximum atomic E-state index is 13.1. The zero-order valence-electron chi connectivity index (χ0n) is 12.0. The number of rotatable bonds is 3. The average molecular weight is 314 g/mol. The van der Waals surface area contributed by atoms with Gasteiger partial charge in [-0.05, 0) is 41.6 Å². The van der Waals surface area contributed by atoms with Crippen LogP contribution < -0.4 is 5.43 Å². The predicted octanol–water partition coefficient (Wildman–Crippen LogP) is 3.56. The Balaban J connectivity index is 1.98. The van der Waals surface area contributed by atoms with Gasteiger partial charge in [-0.3, -0.25) is 4.79 Å². The first kappa shape index (κ1) is 14.8. The largest absolute Gasteiger partial charge is 0.273 e. The zero-order valence-corrected chi connectivity index (χ0v) is 12.9. The van der Waals surface area contributed by atoms with Crippen molar-refractivity contribution >= 4 is 23.4 Å². The second-order valence-corrected chi connectivity index (χ2v) is 5.95. The van der Waals surface area contributed by atoms with E-state index in [4.69, 9.17) is 0 Å². The number of thioether (sulfide) groups is 1. The Kier molecular flexibility index (Phi) is 4.24. The van der Waals surface area contributed by atoms with E-state index in [1.54, 1.807) is 23.9 Å². The van der Waals surface area contributed by atoms with Crippen LogP contribution in [0.4, 0.5) is 4.39 Å². The van der Waals surface area contributed by atoms with Crippen molar-refractivity contribution < 1.29 is 9.18 Å². The molecule has 112 valence electrons. The second-order valence-electron chi connectivity index (χ2n) is 5.07. The minimum atomic E-state index is -0.285.